The largest absolute Gasteiger partial charge is 0.379 e. The summed E-state index contributed by atoms with van der Waals surface area (Å²) in [5.41, 5.74) is 2.53. The second-order valence-corrected chi connectivity index (χ2v) is 13.5. The highest BCUT2D eigenvalue weighted by molar-refractivity contribution is 7.89. The summed E-state index contributed by atoms with van der Waals surface area (Å²) in [7, 11) is -3.55. The van der Waals surface area contributed by atoms with E-state index in [0.717, 1.165) is 93.7 Å². The maximum absolute atomic E-state index is 13.5. The zero-order chi connectivity index (χ0) is 28.2. The summed E-state index contributed by atoms with van der Waals surface area (Å²) >= 11 is 0. The molecular weight excluding hydrogens is 538 g/mol. The average molecular weight is 582 g/mol. The third kappa shape index (κ3) is 6.14. The van der Waals surface area contributed by atoms with Crippen LogP contribution in [0.25, 0.3) is 22.3 Å². The molecule has 0 unspecified atom stereocenters. The second-order valence-electron chi connectivity index (χ2n) is 11.6. The van der Waals surface area contributed by atoms with Crippen molar-refractivity contribution in [2.45, 2.75) is 81.7 Å². The first-order valence-electron chi connectivity index (χ1n) is 15.5. The van der Waals surface area contributed by atoms with Crippen LogP contribution >= 0.6 is 0 Å². The van der Waals surface area contributed by atoms with Crippen molar-refractivity contribution in [1.82, 2.24) is 29.0 Å². The van der Waals surface area contributed by atoms with Crippen molar-refractivity contribution in [2.75, 3.05) is 51.3 Å². The number of unbranched alkanes of at least 4 members (excludes halogenated alkanes) is 1. The monoisotopic (exact) mass is 581 g/mol. The topological polar surface area (TPSA) is 105 Å². The molecule has 222 valence electrons. The van der Waals surface area contributed by atoms with Gasteiger partial charge in [-0.2, -0.15) is 14.4 Å². The molecule has 0 atom stereocenters. The van der Waals surface area contributed by atoms with E-state index in [1.807, 2.05) is 18.3 Å². The molecular formula is C30H43N7O3S. The minimum Gasteiger partial charge on any atom is -0.379 e. The summed E-state index contributed by atoms with van der Waals surface area (Å²) < 4.78 is 36.3. The predicted octanol–water partition coefficient (Wildman–Crippen LogP) is 4.70. The smallest absolute Gasteiger partial charge is 0.243 e. The van der Waals surface area contributed by atoms with Crippen molar-refractivity contribution >= 4 is 27.0 Å². The van der Waals surface area contributed by atoms with Crippen LogP contribution in [0.3, 0.4) is 0 Å². The van der Waals surface area contributed by atoms with Gasteiger partial charge in [-0.15, -0.1) is 0 Å². The quantitative estimate of drug-likeness (QED) is 0.363. The number of piperidine rings is 1. The number of nitrogens with zero attached hydrogens (tertiary/aromatic N) is 6. The fourth-order valence-corrected chi connectivity index (χ4v) is 7.97. The third-order valence-corrected chi connectivity index (χ3v) is 10.8. The highest BCUT2D eigenvalue weighted by Crippen LogP contribution is 2.35. The summed E-state index contributed by atoms with van der Waals surface area (Å²) in [5, 5.41) is 9.32. The number of anilines is 1. The Bertz CT molecular complexity index is 1410. The number of aromatic nitrogens is 4. The van der Waals surface area contributed by atoms with E-state index in [1.165, 1.54) is 19.3 Å². The Labute approximate surface area is 243 Å². The van der Waals surface area contributed by atoms with Gasteiger partial charge in [0.1, 0.15) is 5.69 Å². The van der Waals surface area contributed by atoms with Crippen LogP contribution in [0.1, 0.15) is 70.8 Å². The molecule has 4 heterocycles. The SMILES string of the molecule is CCCCNc1ncc2c(-c3ccc(S(=O)(=O)N4CCC(N5CCOCC5)CC4)cc3)nn(C3CCCCC3)c2n1. The molecule has 3 aromatic rings. The van der Waals surface area contributed by atoms with Gasteiger partial charge in [0.2, 0.25) is 16.0 Å². The maximum Gasteiger partial charge on any atom is 0.243 e. The van der Waals surface area contributed by atoms with E-state index in [2.05, 4.69) is 26.8 Å². The zero-order valence-electron chi connectivity index (χ0n) is 24.2. The maximum atomic E-state index is 13.5. The van der Waals surface area contributed by atoms with Crippen LogP contribution in [0.5, 0.6) is 0 Å². The molecule has 11 heteroatoms. The van der Waals surface area contributed by atoms with Gasteiger partial charge in [-0.25, -0.2) is 18.1 Å². The van der Waals surface area contributed by atoms with E-state index in [9.17, 15) is 8.42 Å². The van der Waals surface area contributed by atoms with E-state index < -0.39 is 10.0 Å². The number of morpholine rings is 1. The molecule has 0 bridgehead atoms. The molecule has 1 aliphatic carbocycles. The highest BCUT2D eigenvalue weighted by atomic mass is 32.2. The molecule has 3 fully saturated rings. The summed E-state index contributed by atoms with van der Waals surface area (Å²) in [4.78, 5) is 12.3. The Hall–Kier alpha value is -2.60. The number of sulfonamides is 1. The fraction of sp³-hybridized carbons (Fsp3) is 0.633. The van der Waals surface area contributed by atoms with Gasteiger partial charge >= 0.3 is 0 Å². The second kappa shape index (κ2) is 12.7. The molecule has 0 radical (unpaired) electrons. The van der Waals surface area contributed by atoms with Crippen LogP contribution in [0.15, 0.2) is 35.4 Å². The molecule has 6 rings (SSSR count). The number of hydrogen-bond donors (Lipinski definition) is 1. The van der Waals surface area contributed by atoms with Gasteiger partial charge in [0.15, 0.2) is 5.65 Å². The van der Waals surface area contributed by atoms with Crippen LogP contribution in [-0.4, -0.2) is 89.4 Å². The molecule has 1 N–H and O–H groups in total. The van der Waals surface area contributed by atoms with Gasteiger partial charge in [-0.3, -0.25) is 4.90 Å². The Morgan fingerprint density at radius 3 is 2.39 bits per heavy atom. The Balaban J connectivity index is 1.22. The van der Waals surface area contributed by atoms with Crippen molar-refractivity contribution in [3.8, 4) is 11.3 Å². The fourth-order valence-electron chi connectivity index (χ4n) is 6.50. The van der Waals surface area contributed by atoms with E-state index >= 15 is 0 Å². The first kappa shape index (κ1) is 28.5. The molecule has 10 nitrogen and oxygen atoms in total. The molecule has 41 heavy (non-hydrogen) atoms. The van der Waals surface area contributed by atoms with Crippen LogP contribution in [0.2, 0.25) is 0 Å². The number of ether oxygens (including phenoxy) is 1. The third-order valence-electron chi connectivity index (χ3n) is 8.93. The highest BCUT2D eigenvalue weighted by Gasteiger charge is 2.32. The number of fused-ring (bicyclic) bond motifs is 1. The van der Waals surface area contributed by atoms with Crippen molar-refractivity contribution in [3.63, 3.8) is 0 Å². The lowest BCUT2D eigenvalue weighted by atomic mass is 9.96. The van der Waals surface area contributed by atoms with Crippen molar-refractivity contribution < 1.29 is 13.2 Å². The number of benzene rings is 1. The standard InChI is InChI=1S/C30H43N7O3S/c1-2-3-15-31-30-32-22-27-28(34-37(29(27)33-30)25-7-5-4-6-8-25)23-9-11-26(12-10-23)41(38,39)36-16-13-24(14-17-36)35-18-20-40-21-19-35/h9-12,22,24-25H,2-8,13-21H2,1H3,(H,31,32,33). The number of rotatable bonds is 9. The predicted molar refractivity (Wildman–Crippen MR) is 160 cm³/mol. The van der Waals surface area contributed by atoms with Gasteiger partial charge in [0.05, 0.1) is 29.5 Å². The molecule has 1 aromatic carbocycles. The van der Waals surface area contributed by atoms with Gasteiger partial charge in [-0.1, -0.05) is 44.7 Å². The molecule has 1 saturated carbocycles. The lowest BCUT2D eigenvalue weighted by Gasteiger charge is -2.39. The van der Waals surface area contributed by atoms with E-state index in [1.54, 1.807) is 16.4 Å². The first-order chi connectivity index (χ1) is 20.0. The Morgan fingerprint density at radius 2 is 1.68 bits per heavy atom. The van der Waals surface area contributed by atoms with Gasteiger partial charge in [0, 0.05) is 50.5 Å². The summed E-state index contributed by atoms with van der Waals surface area (Å²) in [5.74, 6) is 0.633. The van der Waals surface area contributed by atoms with E-state index in [0.29, 0.717) is 36.0 Å². The molecule has 2 aliphatic heterocycles. The number of hydrogen-bond acceptors (Lipinski definition) is 8. The van der Waals surface area contributed by atoms with Crippen molar-refractivity contribution in [2.24, 2.45) is 0 Å². The molecule has 2 saturated heterocycles. The zero-order valence-corrected chi connectivity index (χ0v) is 25.0. The lowest BCUT2D eigenvalue weighted by molar-refractivity contribution is 0.00610. The summed E-state index contributed by atoms with van der Waals surface area (Å²) in [6.45, 7) is 7.51. The minimum absolute atomic E-state index is 0.318. The Morgan fingerprint density at radius 1 is 0.951 bits per heavy atom. The molecule has 0 amide bonds. The minimum atomic E-state index is -3.55. The van der Waals surface area contributed by atoms with E-state index in [4.69, 9.17) is 14.8 Å². The molecule has 0 spiro atoms. The van der Waals surface area contributed by atoms with Gasteiger partial charge in [0.25, 0.3) is 0 Å². The van der Waals surface area contributed by atoms with Crippen LogP contribution in [-0.2, 0) is 14.8 Å². The first-order valence-corrected chi connectivity index (χ1v) is 16.9. The van der Waals surface area contributed by atoms with Crippen LogP contribution < -0.4 is 5.32 Å². The van der Waals surface area contributed by atoms with Crippen LogP contribution in [0, 0.1) is 0 Å². The molecule has 2 aromatic heterocycles. The summed E-state index contributed by atoms with van der Waals surface area (Å²) in [6.07, 6.45) is 11.6. The average Bonchev–Trinajstić information content (AvgIpc) is 3.41. The van der Waals surface area contributed by atoms with E-state index in [-0.39, 0.29) is 0 Å². The van der Waals surface area contributed by atoms with Crippen LogP contribution in [0.4, 0.5) is 5.95 Å². The van der Waals surface area contributed by atoms with Crippen molar-refractivity contribution in [1.29, 1.82) is 0 Å². The van der Waals surface area contributed by atoms with Gasteiger partial charge in [-0.05, 0) is 44.2 Å². The number of nitrogens with one attached hydrogen (secondary N) is 1. The molecule has 3 aliphatic rings. The lowest BCUT2D eigenvalue weighted by Crippen LogP contribution is -2.50. The van der Waals surface area contributed by atoms with Crippen molar-refractivity contribution in [3.05, 3.63) is 30.5 Å². The van der Waals surface area contributed by atoms with Gasteiger partial charge < -0.3 is 10.1 Å². The normalized spacial score (nSPS) is 20.5. The summed E-state index contributed by atoms with van der Waals surface area (Å²) in [6, 6.07) is 7.97. The Kier molecular flexibility index (Phi) is 8.85.